The highest BCUT2D eigenvalue weighted by molar-refractivity contribution is 6.06. The normalized spacial score (nSPS) is 11.5. The molecule has 0 atom stereocenters. The van der Waals surface area contributed by atoms with Crippen molar-refractivity contribution in [2.24, 2.45) is 5.41 Å². The fraction of sp³-hybridized carbons (Fsp3) is 0.389. The van der Waals surface area contributed by atoms with Crippen LogP contribution in [0.4, 0.5) is 5.69 Å². The maximum Gasteiger partial charge on any atom is 0.178 e. The van der Waals surface area contributed by atoms with Crippen molar-refractivity contribution in [2.45, 2.75) is 27.2 Å². The van der Waals surface area contributed by atoms with Gasteiger partial charge in [-0.25, -0.2) is 0 Å². The molecule has 1 aromatic carbocycles. The van der Waals surface area contributed by atoms with Crippen molar-refractivity contribution in [3.63, 3.8) is 0 Å². The molecule has 1 aromatic rings. The molecule has 0 amide bonds. The molecule has 0 aliphatic carbocycles. The molecule has 0 aromatic heterocycles. The van der Waals surface area contributed by atoms with Crippen LogP contribution < -0.4 is 4.90 Å². The molecule has 0 N–H and O–H groups in total. The zero-order valence-electron chi connectivity index (χ0n) is 13.6. The Hall–Kier alpha value is -2.59. The zero-order chi connectivity index (χ0) is 16.8. The Morgan fingerprint density at radius 1 is 1.23 bits per heavy atom. The molecular formula is C18H21N3O. The molecule has 0 saturated carbocycles. The number of hydrogen-bond acceptors (Lipinski definition) is 4. The molecule has 4 heteroatoms. The lowest BCUT2D eigenvalue weighted by Gasteiger charge is -2.18. The summed E-state index contributed by atoms with van der Waals surface area (Å²) in [4.78, 5) is 14.2. The molecule has 4 nitrogen and oxygen atoms in total. The van der Waals surface area contributed by atoms with Crippen LogP contribution in [0.1, 0.15) is 32.8 Å². The molecule has 0 heterocycles. The Balaban J connectivity index is 2.95. The number of hydrogen-bond donors (Lipinski definition) is 0. The van der Waals surface area contributed by atoms with E-state index in [1.54, 1.807) is 26.8 Å². The maximum atomic E-state index is 12.2. The van der Waals surface area contributed by atoms with Crippen LogP contribution in [-0.4, -0.2) is 19.4 Å². The predicted octanol–water partition coefficient (Wildman–Crippen LogP) is 3.56. The first-order valence-electron chi connectivity index (χ1n) is 7.14. The summed E-state index contributed by atoms with van der Waals surface area (Å²) >= 11 is 0. The predicted molar refractivity (Wildman–Crippen MR) is 88.0 cm³/mol. The smallest absolute Gasteiger partial charge is 0.178 e. The summed E-state index contributed by atoms with van der Waals surface area (Å²) in [6.45, 7) is 6.06. The number of benzene rings is 1. The van der Waals surface area contributed by atoms with Crippen LogP contribution in [0.15, 0.2) is 29.8 Å². The highest BCUT2D eigenvalue weighted by Gasteiger charge is 2.24. The molecule has 0 spiro atoms. The largest absolute Gasteiger partial charge is 0.374 e. The number of carbonyl (C=O) groups is 1. The summed E-state index contributed by atoms with van der Waals surface area (Å²) in [5.74, 6) is -0.162. The molecular weight excluding hydrogens is 274 g/mol. The van der Waals surface area contributed by atoms with Crippen molar-refractivity contribution < 1.29 is 4.79 Å². The van der Waals surface area contributed by atoms with Gasteiger partial charge < -0.3 is 4.90 Å². The highest BCUT2D eigenvalue weighted by atomic mass is 16.1. The summed E-state index contributed by atoms with van der Waals surface area (Å²) < 4.78 is 0. The minimum Gasteiger partial charge on any atom is -0.374 e. The summed E-state index contributed by atoms with van der Waals surface area (Å²) in [5.41, 5.74) is 1.40. The fourth-order valence-corrected chi connectivity index (χ4v) is 1.89. The van der Waals surface area contributed by atoms with Crippen molar-refractivity contribution in [3.05, 3.63) is 35.4 Å². The Morgan fingerprint density at radius 3 is 2.27 bits per heavy atom. The van der Waals surface area contributed by atoms with Gasteiger partial charge >= 0.3 is 0 Å². The molecule has 0 aliphatic rings. The molecule has 0 radical (unpaired) electrons. The Morgan fingerprint density at radius 2 is 1.82 bits per heavy atom. The van der Waals surface area contributed by atoms with Crippen LogP contribution in [0.3, 0.4) is 0 Å². The average molecular weight is 295 g/mol. The molecule has 114 valence electrons. The molecule has 0 saturated heterocycles. The minimum atomic E-state index is -0.570. The number of carbonyl (C=O) groups excluding carboxylic acids is 1. The van der Waals surface area contributed by atoms with Crippen molar-refractivity contribution in [2.75, 3.05) is 18.5 Å². The van der Waals surface area contributed by atoms with Gasteiger partial charge in [-0.15, -0.1) is 0 Å². The second kappa shape index (κ2) is 7.43. The summed E-state index contributed by atoms with van der Waals surface area (Å²) in [7, 11) is 1.92. The third-order valence-corrected chi connectivity index (χ3v) is 3.25. The quantitative estimate of drug-likeness (QED) is 0.615. The van der Waals surface area contributed by atoms with Crippen molar-refractivity contribution in [3.8, 4) is 12.1 Å². The third kappa shape index (κ3) is 4.75. The lowest BCUT2D eigenvalue weighted by atomic mass is 9.86. The van der Waals surface area contributed by atoms with E-state index in [1.807, 2.05) is 42.3 Å². The molecule has 1 rings (SSSR count). The van der Waals surface area contributed by atoms with E-state index >= 15 is 0 Å². The molecule has 0 aliphatic heterocycles. The molecule has 0 unspecified atom stereocenters. The molecule has 0 bridgehead atoms. The van der Waals surface area contributed by atoms with E-state index in [-0.39, 0.29) is 11.4 Å². The van der Waals surface area contributed by atoms with E-state index in [2.05, 4.69) is 6.07 Å². The number of anilines is 1. The van der Waals surface area contributed by atoms with Crippen LogP contribution in [0.5, 0.6) is 0 Å². The van der Waals surface area contributed by atoms with Gasteiger partial charge in [-0.3, -0.25) is 4.79 Å². The summed E-state index contributed by atoms with van der Waals surface area (Å²) in [5, 5.41) is 17.8. The van der Waals surface area contributed by atoms with Gasteiger partial charge in [-0.2, -0.15) is 10.5 Å². The lowest BCUT2D eigenvalue weighted by molar-refractivity contribution is -0.121. The van der Waals surface area contributed by atoms with Crippen molar-refractivity contribution in [1.29, 1.82) is 10.5 Å². The van der Waals surface area contributed by atoms with Crippen LogP contribution in [-0.2, 0) is 4.79 Å². The van der Waals surface area contributed by atoms with Gasteiger partial charge in [0, 0.05) is 24.7 Å². The number of nitrogens with zero attached hydrogens (tertiary/aromatic N) is 3. The van der Waals surface area contributed by atoms with E-state index in [1.165, 1.54) is 0 Å². The van der Waals surface area contributed by atoms with Crippen LogP contribution >= 0.6 is 0 Å². The first-order chi connectivity index (χ1) is 10.3. The Labute approximate surface area is 132 Å². The second-order valence-electron chi connectivity index (χ2n) is 6.17. The average Bonchev–Trinajstić information content (AvgIpc) is 2.49. The van der Waals surface area contributed by atoms with E-state index in [0.29, 0.717) is 13.0 Å². The molecule has 22 heavy (non-hydrogen) atoms. The minimum absolute atomic E-state index is 0.162. The first kappa shape index (κ1) is 17.5. The van der Waals surface area contributed by atoms with E-state index in [0.717, 1.165) is 11.3 Å². The van der Waals surface area contributed by atoms with E-state index in [9.17, 15) is 10.1 Å². The van der Waals surface area contributed by atoms with Gasteiger partial charge in [0.2, 0.25) is 0 Å². The van der Waals surface area contributed by atoms with E-state index in [4.69, 9.17) is 5.26 Å². The maximum absolute atomic E-state index is 12.2. The van der Waals surface area contributed by atoms with E-state index < -0.39 is 5.41 Å². The van der Waals surface area contributed by atoms with Crippen molar-refractivity contribution >= 4 is 17.5 Å². The number of Topliss-reactive ketones (excluding diaryl/α,β-unsaturated/α-hetero) is 1. The number of rotatable bonds is 5. The van der Waals surface area contributed by atoms with Crippen LogP contribution in [0, 0.1) is 28.1 Å². The second-order valence-corrected chi connectivity index (χ2v) is 6.17. The lowest BCUT2D eigenvalue weighted by Crippen LogP contribution is -2.21. The Kier molecular flexibility index (Phi) is 5.90. The summed E-state index contributed by atoms with van der Waals surface area (Å²) in [6, 6.07) is 11.7. The van der Waals surface area contributed by atoms with Gasteiger partial charge in [-0.1, -0.05) is 32.9 Å². The number of nitriles is 2. The fourth-order valence-electron chi connectivity index (χ4n) is 1.89. The van der Waals surface area contributed by atoms with Gasteiger partial charge in [0.05, 0.1) is 18.1 Å². The highest BCUT2D eigenvalue weighted by Crippen LogP contribution is 2.22. The van der Waals surface area contributed by atoms with Crippen molar-refractivity contribution in [1.82, 2.24) is 0 Å². The topological polar surface area (TPSA) is 67.9 Å². The van der Waals surface area contributed by atoms with Crippen LogP contribution in [0.2, 0.25) is 0 Å². The third-order valence-electron chi connectivity index (χ3n) is 3.25. The van der Waals surface area contributed by atoms with Gasteiger partial charge in [0.25, 0.3) is 0 Å². The van der Waals surface area contributed by atoms with Gasteiger partial charge in [-0.05, 0) is 23.8 Å². The Bertz CT molecular complexity index is 637. The SMILES string of the molecule is CN(CCC#N)c1ccc(C=C(C#N)C(=O)C(C)(C)C)cc1. The standard InChI is InChI=1S/C18H21N3O/c1-18(2,3)17(22)15(13-20)12-14-6-8-16(9-7-14)21(4)11-5-10-19/h6-9,12H,5,11H2,1-4H3. The number of ketones is 1. The van der Waals surface area contributed by atoms with Gasteiger partial charge in [0.15, 0.2) is 5.78 Å². The first-order valence-corrected chi connectivity index (χ1v) is 7.14. The monoisotopic (exact) mass is 295 g/mol. The summed E-state index contributed by atoms with van der Waals surface area (Å²) in [6.07, 6.45) is 2.09. The zero-order valence-corrected chi connectivity index (χ0v) is 13.6. The number of allylic oxidation sites excluding steroid dienone is 1. The van der Waals surface area contributed by atoms with Crippen LogP contribution in [0.25, 0.3) is 6.08 Å². The van der Waals surface area contributed by atoms with Gasteiger partial charge in [0.1, 0.15) is 6.07 Å². The molecule has 0 fully saturated rings.